The molecule has 3 aromatic carbocycles. The quantitative estimate of drug-likeness (QED) is 0.511. The van der Waals surface area contributed by atoms with Crippen molar-refractivity contribution in [1.29, 1.82) is 0 Å². The average Bonchev–Trinajstić information content (AvgIpc) is 3.34. The second-order valence-corrected chi connectivity index (χ2v) is 8.17. The molecule has 0 fully saturated rings. The molecule has 0 unspecified atom stereocenters. The smallest absolute Gasteiger partial charge is 0.262 e. The molecule has 0 aromatic heterocycles. The molecule has 0 spiro atoms. The van der Waals surface area contributed by atoms with Crippen LogP contribution in [0.15, 0.2) is 77.9 Å². The lowest BCUT2D eigenvalue weighted by molar-refractivity contribution is -0.133. The Morgan fingerprint density at radius 3 is 2.09 bits per heavy atom. The number of methoxy groups -OCH3 is 2. The van der Waals surface area contributed by atoms with Crippen molar-refractivity contribution in [1.82, 2.24) is 9.91 Å². The highest BCUT2D eigenvalue weighted by Crippen LogP contribution is 2.33. The average molecular weight is 476 g/mol. The molecule has 1 heterocycles. The second kappa shape index (κ2) is 10.4. The summed E-state index contributed by atoms with van der Waals surface area (Å²) >= 11 is 0. The number of nitrogens with zero attached hydrogens (tertiary/aromatic N) is 3. The molecule has 180 valence electrons. The maximum atomic E-state index is 13.4. The number of carbonyl (C=O) groups is 2. The molecule has 0 N–H and O–H groups in total. The van der Waals surface area contributed by atoms with Gasteiger partial charge in [-0.25, -0.2) is 9.40 Å². The van der Waals surface area contributed by atoms with Gasteiger partial charge in [-0.2, -0.15) is 5.10 Å². The molecule has 2 amide bonds. The fourth-order valence-electron chi connectivity index (χ4n) is 3.94. The molecule has 3 aromatic rings. The van der Waals surface area contributed by atoms with Crippen molar-refractivity contribution in [2.45, 2.75) is 12.5 Å². The number of amides is 2. The maximum absolute atomic E-state index is 13.4. The lowest BCUT2D eigenvalue weighted by Gasteiger charge is -2.25. The zero-order chi connectivity index (χ0) is 24.9. The van der Waals surface area contributed by atoms with E-state index in [9.17, 15) is 14.0 Å². The SMILES string of the molecule is COc1ccc(C(=O)N(C)CC(=O)N2N=C(c3ccc(F)cc3)C[C@@H]2c2ccc(OC)cc2)cc1. The van der Waals surface area contributed by atoms with Crippen LogP contribution in [0.25, 0.3) is 0 Å². The van der Waals surface area contributed by atoms with Gasteiger partial charge in [0.05, 0.1) is 26.0 Å². The number of hydrazone groups is 1. The zero-order valence-corrected chi connectivity index (χ0v) is 19.8. The molecule has 7 nitrogen and oxygen atoms in total. The summed E-state index contributed by atoms with van der Waals surface area (Å²) < 4.78 is 23.8. The summed E-state index contributed by atoms with van der Waals surface area (Å²) in [7, 11) is 4.72. The van der Waals surface area contributed by atoms with Crippen LogP contribution in [-0.2, 0) is 4.79 Å². The number of carbonyl (C=O) groups excluding carboxylic acids is 2. The van der Waals surface area contributed by atoms with Crippen molar-refractivity contribution in [2.24, 2.45) is 5.10 Å². The summed E-state index contributed by atoms with van der Waals surface area (Å²) in [4.78, 5) is 27.6. The molecular weight excluding hydrogens is 449 g/mol. The fourth-order valence-corrected chi connectivity index (χ4v) is 3.94. The Balaban J connectivity index is 1.56. The van der Waals surface area contributed by atoms with Crippen molar-refractivity contribution >= 4 is 17.5 Å². The summed E-state index contributed by atoms with van der Waals surface area (Å²) in [5.41, 5.74) is 2.74. The first kappa shape index (κ1) is 23.9. The highest BCUT2D eigenvalue weighted by Gasteiger charge is 2.34. The third kappa shape index (κ3) is 5.32. The Hall–Kier alpha value is -4.20. The minimum Gasteiger partial charge on any atom is -0.497 e. The van der Waals surface area contributed by atoms with Crippen LogP contribution in [0.2, 0.25) is 0 Å². The predicted octanol–water partition coefficient (Wildman–Crippen LogP) is 4.29. The van der Waals surface area contributed by atoms with E-state index in [1.165, 1.54) is 22.0 Å². The Labute approximate surface area is 203 Å². The van der Waals surface area contributed by atoms with Crippen LogP contribution in [0.1, 0.15) is 33.9 Å². The first-order chi connectivity index (χ1) is 16.9. The van der Waals surface area contributed by atoms with Crippen LogP contribution < -0.4 is 9.47 Å². The number of ether oxygens (including phenoxy) is 2. The van der Waals surface area contributed by atoms with Gasteiger partial charge in [0.2, 0.25) is 0 Å². The maximum Gasteiger partial charge on any atom is 0.262 e. The molecule has 1 atom stereocenters. The first-order valence-corrected chi connectivity index (χ1v) is 11.1. The van der Waals surface area contributed by atoms with Crippen LogP contribution in [0, 0.1) is 5.82 Å². The summed E-state index contributed by atoms with van der Waals surface area (Å²) in [6.45, 7) is -0.155. The standard InChI is InChI=1S/C27H26FN3O4/c1-30(27(33)20-8-14-23(35-3)15-9-20)17-26(32)31-25(19-6-12-22(34-2)13-7-19)16-24(29-31)18-4-10-21(28)11-5-18/h4-15,25H,16-17H2,1-3H3/t25-/m1/s1. The van der Waals surface area contributed by atoms with Gasteiger partial charge in [0.1, 0.15) is 23.9 Å². The number of hydrogen-bond acceptors (Lipinski definition) is 5. The third-order valence-corrected chi connectivity index (χ3v) is 5.90. The van der Waals surface area contributed by atoms with Gasteiger partial charge in [-0.3, -0.25) is 9.59 Å². The lowest BCUT2D eigenvalue weighted by atomic mass is 9.98. The number of rotatable bonds is 7. The second-order valence-electron chi connectivity index (χ2n) is 8.17. The van der Waals surface area contributed by atoms with E-state index in [2.05, 4.69) is 5.10 Å². The van der Waals surface area contributed by atoms with Crippen molar-refractivity contribution in [2.75, 3.05) is 27.8 Å². The van der Waals surface area contributed by atoms with Crippen molar-refractivity contribution in [3.05, 3.63) is 95.3 Å². The Bertz CT molecular complexity index is 1220. The van der Waals surface area contributed by atoms with E-state index in [0.29, 0.717) is 29.2 Å². The monoisotopic (exact) mass is 475 g/mol. The summed E-state index contributed by atoms with van der Waals surface area (Å²) in [5, 5.41) is 6.00. The van der Waals surface area contributed by atoms with E-state index in [0.717, 1.165) is 11.1 Å². The molecule has 0 aliphatic carbocycles. The van der Waals surface area contributed by atoms with Crippen LogP contribution in [0.3, 0.4) is 0 Å². The van der Waals surface area contributed by atoms with Crippen LogP contribution in [-0.4, -0.2) is 55.2 Å². The van der Waals surface area contributed by atoms with Gasteiger partial charge in [-0.1, -0.05) is 24.3 Å². The molecule has 1 aliphatic rings. The summed E-state index contributed by atoms with van der Waals surface area (Å²) in [5.74, 6) is 0.387. The number of hydrogen-bond donors (Lipinski definition) is 0. The van der Waals surface area contributed by atoms with E-state index in [4.69, 9.17) is 9.47 Å². The van der Waals surface area contributed by atoms with Crippen LogP contribution >= 0.6 is 0 Å². The van der Waals surface area contributed by atoms with Crippen LogP contribution in [0.5, 0.6) is 11.5 Å². The van der Waals surface area contributed by atoms with Gasteiger partial charge in [-0.15, -0.1) is 0 Å². The molecule has 0 saturated heterocycles. The van der Waals surface area contributed by atoms with E-state index in [1.807, 2.05) is 24.3 Å². The number of likely N-dealkylation sites (N-methyl/N-ethyl adjacent to an activating group) is 1. The van der Waals surface area contributed by atoms with E-state index in [1.54, 1.807) is 57.7 Å². The molecule has 0 bridgehead atoms. The molecule has 1 aliphatic heterocycles. The Kier molecular flexibility index (Phi) is 7.10. The van der Waals surface area contributed by atoms with Gasteiger partial charge in [0, 0.05) is 19.0 Å². The highest BCUT2D eigenvalue weighted by molar-refractivity contribution is 6.03. The van der Waals surface area contributed by atoms with Gasteiger partial charge in [0.15, 0.2) is 0 Å². The normalized spacial score (nSPS) is 14.9. The van der Waals surface area contributed by atoms with Gasteiger partial charge in [0.25, 0.3) is 11.8 Å². The molecule has 8 heteroatoms. The number of halogens is 1. The molecule has 4 rings (SSSR count). The van der Waals surface area contributed by atoms with Crippen molar-refractivity contribution in [3.63, 3.8) is 0 Å². The fraction of sp³-hybridized carbons (Fsp3) is 0.222. The first-order valence-electron chi connectivity index (χ1n) is 11.1. The highest BCUT2D eigenvalue weighted by atomic mass is 19.1. The van der Waals surface area contributed by atoms with E-state index < -0.39 is 0 Å². The molecule has 0 saturated carbocycles. The molecule has 0 radical (unpaired) electrons. The lowest BCUT2D eigenvalue weighted by Crippen LogP contribution is -2.39. The zero-order valence-electron chi connectivity index (χ0n) is 19.8. The largest absolute Gasteiger partial charge is 0.497 e. The minimum atomic E-state index is -0.363. The Morgan fingerprint density at radius 1 is 0.943 bits per heavy atom. The van der Waals surface area contributed by atoms with Crippen LogP contribution in [0.4, 0.5) is 4.39 Å². The molecule has 35 heavy (non-hydrogen) atoms. The number of benzene rings is 3. The van der Waals surface area contributed by atoms with Gasteiger partial charge < -0.3 is 14.4 Å². The van der Waals surface area contributed by atoms with E-state index >= 15 is 0 Å². The van der Waals surface area contributed by atoms with Gasteiger partial charge >= 0.3 is 0 Å². The predicted molar refractivity (Wildman–Crippen MR) is 130 cm³/mol. The topological polar surface area (TPSA) is 71.4 Å². The third-order valence-electron chi connectivity index (χ3n) is 5.90. The van der Waals surface area contributed by atoms with E-state index in [-0.39, 0.29) is 30.2 Å². The van der Waals surface area contributed by atoms with Crippen molar-refractivity contribution in [3.8, 4) is 11.5 Å². The Morgan fingerprint density at radius 2 is 1.51 bits per heavy atom. The minimum absolute atomic E-state index is 0.155. The summed E-state index contributed by atoms with van der Waals surface area (Å²) in [6.07, 6.45) is 0.458. The van der Waals surface area contributed by atoms with Crippen molar-refractivity contribution < 1.29 is 23.5 Å². The van der Waals surface area contributed by atoms with Gasteiger partial charge in [-0.05, 0) is 59.7 Å². The summed E-state index contributed by atoms with van der Waals surface area (Å²) in [6, 6.07) is 19.8. The molecular formula is C27H26FN3O4.